The van der Waals surface area contributed by atoms with Crippen LogP contribution in [-0.2, 0) is 0 Å². The van der Waals surface area contributed by atoms with Gasteiger partial charge in [-0.3, -0.25) is 0 Å². The van der Waals surface area contributed by atoms with E-state index in [1.807, 2.05) is 0 Å². The molecule has 4 nitrogen and oxygen atoms in total. The Morgan fingerprint density at radius 3 is 2.20 bits per heavy atom. The predicted molar refractivity (Wildman–Crippen MR) is 37.8 cm³/mol. The van der Waals surface area contributed by atoms with Gasteiger partial charge in [0.2, 0.25) is 0 Å². The van der Waals surface area contributed by atoms with Crippen molar-refractivity contribution in [3.8, 4) is 11.5 Å². The highest BCUT2D eigenvalue weighted by molar-refractivity contribution is 5.54. The second-order valence-electron chi connectivity index (χ2n) is 1.74. The average molecular weight is 143 g/mol. The summed E-state index contributed by atoms with van der Waals surface area (Å²) >= 11 is 0. The SMILES string of the molecule is Nc1cc(O)ccc1O.O. The molecule has 0 spiro atoms. The second-order valence-corrected chi connectivity index (χ2v) is 1.74. The van der Waals surface area contributed by atoms with E-state index in [0.29, 0.717) is 0 Å². The second kappa shape index (κ2) is 2.93. The standard InChI is InChI=1S/C6H7NO2.H2O/c7-5-3-4(8)1-2-6(5)9;/h1-3,8-9H,7H2;1H2. The van der Waals surface area contributed by atoms with E-state index in [2.05, 4.69) is 0 Å². The molecule has 4 heteroatoms. The highest BCUT2D eigenvalue weighted by Crippen LogP contribution is 2.23. The van der Waals surface area contributed by atoms with E-state index in [1.165, 1.54) is 18.2 Å². The lowest BCUT2D eigenvalue weighted by molar-refractivity contribution is 0.462. The molecule has 1 rings (SSSR count). The molecule has 1 aromatic carbocycles. The molecule has 0 bridgehead atoms. The van der Waals surface area contributed by atoms with Gasteiger partial charge < -0.3 is 21.4 Å². The highest BCUT2D eigenvalue weighted by atomic mass is 16.3. The third-order valence-corrected chi connectivity index (χ3v) is 1.01. The van der Waals surface area contributed by atoms with Crippen LogP contribution in [0.15, 0.2) is 18.2 Å². The summed E-state index contributed by atoms with van der Waals surface area (Å²) in [6, 6.07) is 3.99. The predicted octanol–water partition coefficient (Wildman–Crippen LogP) is -0.145. The van der Waals surface area contributed by atoms with Crippen molar-refractivity contribution in [3.05, 3.63) is 18.2 Å². The van der Waals surface area contributed by atoms with E-state index in [0.717, 1.165) is 0 Å². The number of hydrogen-bond acceptors (Lipinski definition) is 3. The molecule has 56 valence electrons. The van der Waals surface area contributed by atoms with Gasteiger partial charge in [0.1, 0.15) is 11.5 Å². The number of phenols is 2. The molecule has 0 unspecified atom stereocenters. The van der Waals surface area contributed by atoms with Crippen LogP contribution in [0.4, 0.5) is 5.69 Å². The molecule has 0 atom stereocenters. The quantitative estimate of drug-likeness (QED) is 0.267. The van der Waals surface area contributed by atoms with E-state index < -0.39 is 0 Å². The summed E-state index contributed by atoms with van der Waals surface area (Å²) in [5, 5.41) is 17.6. The fraction of sp³-hybridized carbons (Fsp3) is 0. The fourth-order valence-electron chi connectivity index (χ4n) is 0.542. The summed E-state index contributed by atoms with van der Waals surface area (Å²) in [4.78, 5) is 0. The van der Waals surface area contributed by atoms with E-state index in [9.17, 15) is 0 Å². The lowest BCUT2D eigenvalue weighted by Crippen LogP contribution is -1.83. The number of hydrogen-bond donors (Lipinski definition) is 3. The van der Waals surface area contributed by atoms with Crippen LogP contribution in [0.5, 0.6) is 11.5 Å². The molecule has 6 N–H and O–H groups in total. The normalized spacial score (nSPS) is 8.40. The number of anilines is 1. The Morgan fingerprint density at radius 1 is 1.20 bits per heavy atom. The fourth-order valence-corrected chi connectivity index (χ4v) is 0.542. The summed E-state index contributed by atoms with van der Waals surface area (Å²) < 4.78 is 0. The van der Waals surface area contributed by atoms with Gasteiger partial charge in [0.25, 0.3) is 0 Å². The van der Waals surface area contributed by atoms with Crippen molar-refractivity contribution in [3.63, 3.8) is 0 Å². The van der Waals surface area contributed by atoms with Crippen molar-refractivity contribution >= 4 is 5.69 Å². The zero-order valence-corrected chi connectivity index (χ0v) is 5.20. The van der Waals surface area contributed by atoms with Crippen molar-refractivity contribution in [1.82, 2.24) is 0 Å². The van der Waals surface area contributed by atoms with Crippen LogP contribution in [-0.4, -0.2) is 15.7 Å². The highest BCUT2D eigenvalue weighted by Gasteiger charge is 1.94. The van der Waals surface area contributed by atoms with E-state index >= 15 is 0 Å². The summed E-state index contributed by atoms with van der Waals surface area (Å²) in [6.45, 7) is 0. The first kappa shape index (κ1) is 8.58. The van der Waals surface area contributed by atoms with Crippen LogP contribution in [0.2, 0.25) is 0 Å². The first-order valence-electron chi connectivity index (χ1n) is 2.47. The summed E-state index contributed by atoms with van der Waals surface area (Å²) in [7, 11) is 0. The Bertz CT molecular complexity index is 224. The van der Waals surface area contributed by atoms with Gasteiger partial charge in [-0.15, -0.1) is 0 Å². The van der Waals surface area contributed by atoms with Gasteiger partial charge in [0.15, 0.2) is 0 Å². The summed E-state index contributed by atoms with van der Waals surface area (Å²) in [6.07, 6.45) is 0. The van der Waals surface area contributed by atoms with E-state index in [1.54, 1.807) is 0 Å². The molecule has 1 aromatic rings. The van der Waals surface area contributed by atoms with Gasteiger partial charge in [-0.2, -0.15) is 0 Å². The van der Waals surface area contributed by atoms with E-state index in [4.69, 9.17) is 15.9 Å². The molecule has 10 heavy (non-hydrogen) atoms. The zero-order valence-electron chi connectivity index (χ0n) is 5.20. The minimum atomic E-state index is -0.00667. The Hall–Kier alpha value is -1.42. The van der Waals surface area contributed by atoms with Crippen LogP contribution in [0.3, 0.4) is 0 Å². The smallest absolute Gasteiger partial charge is 0.138 e. The van der Waals surface area contributed by atoms with Gasteiger partial charge in [0.05, 0.1) is 5.69 Å². The number of benzene rings is 1. The van der Waals surface area contributed by atoms with Crippen LogP contribution in [0.1, 0.15) is 0 Å². The van der Waals surface area contributed by atoms with Crippen molar-refractivity contribution in [1.29, 1.82) is 0 Å². The van der Waals surface area contributed by atoms with Gasteiger partial charge in [-0.1, -0.05) is 0 Å². The van der Waals surface area contributed by atoms with Crippen molar-refractivity contribution < 1.29 is 15.7 Å². The zero-order chi connectivity index (χ0) is 6.85. The average Bonchev–Trinajstić information content (AvgIpc) is 1.80. The first-order chi connectivity index (χ1) is 4.20. The largest absolute Gasteiger partial charge is 0.508 e. The van der Waals surface area contributed by atoms with Crippen LogP contribution in [0.25, 0.3) is 0 Å². The lowest BCUT2D eigenvalue weighted by Gasteiger charge is -1.96. The Labute approximate surface area is 57.8 Å². The molecule has 0 fully saturated rings. The van der Waals surface area contributed by atoms with Gasteiger partial charge in [-0.25, -0.2) is 0 Å². The van der Waals surface area contributed by atoms with E-state index in [-0.39, 0.29) is 22.7 Å². The summed E-state index contributed by atoms with van der Waals surface area (Å²) in [5.74, 6) is 0.0538. The first-order valence-corrected chi connectivity index (χ1v) is 2.47. The van der Waals surface area contributed by atoms with Crippen molar-refractivity contribution in [2.24, 2.45) is 0 Å². The molecular formula is C6H9NO3. The lowest BCUT2D eigenvalue weighted by atomic mass is 10.3. The Morgan fingerprint density at radius 2 is 1.80 bits per heavy atom. The van der Waals surface area contributed by atoms with Gasteiger partial charge in [0, 0.05) is 6.07 Å². The number of aromatic hydroxyl groups is 2. The van der Waals surface area contributed by atoms with Crippen LogP contribution < -0.4 is 5.73 Å². The number of phenolic OH excluding ortho intramolecular Hbond substituents is 2. The molecule has 0 amide bonds. The number of nitrogens with two attached hydrogens (primary N) is 1. The molecule has 0 aliphatic heterocycles. The molecule has 0 aliphatic rings. The summed E-state index contributed by atoms with van der Waals surface area (Å²) in [5.41, 5.74) is 5.40. The molecule has 0 heterocycles. The molecule has 0 saturated heterocycles. The maximum atomic E-state index is 8.81. The molecular weight excluding hydrogens is 134 g/mol. The van der Waals surface area contributed by atoms with Crippen molar-refractivity contribution in [2.75, 3.05) is 5.73 Å². The minimum absolute atomic E-state index is 0. The van der Waals surface area contributed by atoms with Gasteiger partial charge in [-0.05, 0) is 12.1 Å². The minimum Gasteiger partial charge on any atom is -0.508 e. The molecule has 0 saturated carbocycles. The van der Waals surface area contributed by atoms with Crippen molar-refractivity contribution in [2.45, 2.75) is 0 Å². The molecule has 0 aromatic heterocycles. The number of nitrogen functional groups attached to an aromatic ring is 1. The van der Waals surface area contributed by atoms with Crippen LogP contribution >= 0.6 is 0 Å². The maximum absolute atomic E-state index is 8.81. The maximum Gasteiger partial charge on any atom is 0.138 e. The Kier molecular flexibility index (Phi) is 2.52. The third-order valence-electron chi connectivity index (χ3n) is 1.01. The monoisotopic (exact) mass is 143 g/mol. The topological polar surface area (TPSA) is 98.0 Å². The van der Waals surface area contributed by atoms with Gasteiger partial charge >= 0.3 is 0 Å². The van der Waals surface area contributed by atoms with Crippen LogP contribution in [0, 0.1) is 0 Å². The third kappa shape index (κ3) is 1.53. The molecule has 0 radical (unpaired) electrons. The Balaban J connectivity index is 0.000000810. The number of rotatable bonds is 0. The molecule has 0 aliphatic carbocycles.